The van der Waals surface area contributed by atoms with E-state index < -0.39 is 0 Å². The van der Waals surface area contributed by atoms with Gasteiger partial charge in [-0.25, -0.2) is 4.98 Å². The molecule has 2 aliphatic rings. The molecule has 0 radical (unpaired) electrons. The molecule has 3 aromatic rings. The average Bonchev–Trinajstić information content (AvgIpc) is 3.04. The van der Waals surface area contributed by atoms with Crippen LogP contribution in [0.25, 0.3) is 21.0 Å². The quantitative estimate of drug-likeness (QED) is 0.701. The summed E-state index contributed by atoms with van der Waals surface area (Å²) in [6.45, 7) is 11.1. The van der Waals surface area contributed by atoms with Crippen molar-refractivity contribution >= 4 is 44.1 Å². The molecule has 152 valence electrons. The average molecular weight is 411 g/mol. The van der Waals surface area contributed by atoms with E-state index in [1.807, 2.05) is 6.92 Å². The summed E-state index contributed by atoms with van der Waals surface area (Å²) < 4.78 is 7.12. The molecule has 6 nitrogen and oxygen atoms in total. The van der Waals surface area contributed by atoms with Gasteiger partial charge in [-0.05, 0) is 45.0 Å². The van der Waals surface area contributed by atoms with Crippen molar-refractivity contribution in [3.05, 3.63) is 29.1 Å². The highest BCUT2D eigenvalue weighted by molar-refractivity contribution is 7.21. The minimum Gasteiger partial charge on any atom is -0.489 e. The molecule has 1 aromatic carbocycles. The molecule has 4 heterocycles. The van der Waals surface area contributed by atoms with Gasteiger partial charge >= 0.3 is 0 Å². The lowest BCUT2D eigenvalue weighted by Crippen LogP contribution is -2.49. The Hall–Kier alpha value is -2.38. The number of benzene rings is 1. The van der Waals surface area contributed by atoms with Gasteiger partial charge in [-0.2, -0.15) is 0 Å². The number of nitrogens with zero attached hydrogens (tertiary/aromatic N) is 3. The second kappa shape index (κ2) is 7.15. The number of hydrogen-bond donors (Lipinski definition) is 1. The van der Waals surface area contributed by atoms with E-state index in [9.17, 15) is 4.79 Å². The first kappa shape index (κ1) is 18.6. The van der Waals surface area contributed by atoms with Crippen molar-refractivity contribution in [3.63, 3.8) is 0 Å². The van der Waals surface area contributed by atoms with Gasteiger partial charge in [0.15, 0.2) is 5.75 Å². The topological polar surface area (TPSA) is 57.7 Å². The normalized spacial score (nSPS) is 20.6. The van der Waals surface area contributed by atoms with E-state index in [1.54, 1.807) is 0 Å². The maximum atomic E-state index is 12.5. The van der Waals surface area contributed by atoms with Crippen LogP contribution in [0.2, 0.25) is 0 Å². The Balaban J connectivity index is 1.53. The van der Waals surface area contributed by atoms with Gasteiger partial charge in [0.2, 0.25) is 0 Å². The van der Waals surface area contributed by atoms with Crippen LogP contribution in [0.3, 0.4) is 0 Å². The summed E-state index contributed by atoms with van der Waals surface area (Å²) in [5, 5.41) is 5.05. The van der Waals surface area contributed by atoms with Crippen molar-refractivity contribution in [2.45, 2.75) is 32.9 Å². The van der Waals surface area contributed by atoms with Gasteiger partial charge in [-0.3, -0.25) is 9.69 Å². The second-order valence-corrected chi connectivity index (χ2v) is 9.29. The van der Waals surface area contributed by atoms with E-state index >= 15 is 0 Å². The maximum Gasteiger partial charge on any atom is 0.265 e. The third kappa shape index (κ3) is 3.22. The van der Waals surface area contributed by atoms with E-state index in [1.165, 1.54) is 11.3 Å². The van der Waals surface area contributed by atoms with Gasteiger partial charge in [-0.15, -0.1) is 11.3 Å². The molecular formula is C22H26N4O2S. The molecule has 0 unspecified atom stereocenters. The SMILES string of the molecule is CC(C)N1CCN(c2ccc3c(ccc4sc5c(c43)OC[C@@H](C)NC5=O)n2)CC1. The zero-order chi connectivity index (χ0) is 20.1. The lowest BCUT2D eigenvalue weighted by molar-refractivity contribution is 0.0946. The Morgan fingerprint density at radius 3 is 2.72 bits per heavy atom. The number of rotatable bonds is 2. The van der Waals surface area contributed by atoms with Gasteiger partial charge in [0, 0.05) is 47.7 Å². The van der Waals surface area contributed by atoms with Crippen LogP contribution in [0.1, 0.15) is 30.4 Å². The van der Waals surface area contributed by atoms with Crippen LogP contribution in [-0.4, -0.2) is 60.7 Å². The molecule has 29 heavy (non-hydrogen) atoms. The monoisotopic (exact) mass is 410 g/mol. The highest BCUT2D eigenvalue weighted by atomic mass is 32.1. The minimum absolute atomic E-state index is 0.00126. The van der Waals surface area contributed by atoms with Crippen LogP contribution in [0.15, 0.2) is 24.3 Å². The molecule has 0 bridgehead atoms. The summed E-state index contributed by atoms with van der Waals surface area (Å²) in [5.74, 6) is 1.68. The molecule has 2 aromatic heterocycles. The van der Waals surface area contributed by atoms with Gasteiger partial charge in [0.05, 0.1) is 11.6 Å². The summed E-state index contributed by atoms with van der Waals surface area (Å²) in [7, 11) is 0. The number of pyridine rings is 1. The van der Waals surface area contributed by atoms with E-state index in [4.69, 9.17) is 9.72 Å². The summed E-state index contributed by atoms with van der Waals surface area (Å²) >= 11 is 1.49. The fourth-order valence-corrected chi connectivity index (χ4v) is 5.30. The largest absolute Gasteiger partial charge is 0.489 e. The fourth-order valence-electron chi connectivity index (χ4n) is 4.23. The Kier molecular flexibility index (Phi) is 4.59. The van der Waals surface area contributed by atoms with Crippen LogP contribution >= 0.6 is 11.3 Å². The molecular weight excluding hydrogens is 384 g/mol. The lowest BCUT2D eigenvalue weighted by atomic mass is 10.1. The van der Waals surface area contributed by atoms with Crippen LogP contribution in [0.4, 0.5) is 5.82 Å². The smallest absolute Gasteiger partial charge is 0.265 e. The number of anilines is 1. The highest BCUT2D eigenvalue weighted by Crippen LogP contribution is 2.42. The van der Waals surface area contributed by atoms with Crippen LogP contribution < -0.4 is 15.0 Å². The van der Waals surface area contributed by atoms with Gasteiger partial charge in [-0.1, -0.05) is 0 Å². The Bertz CT molecular complexity index is 1090. The summed E-state index contributed by atoms with van der Waals surface area (Å²) in [5.41, 5.74) is 0.947. The Labute approximate surface area is 174 Å². The molecule has 7 heteroatoms. The van der Waals surface area contributed by atoms with Crippen molar-refractivity contribution in [2.24, 2.45) is 0 Å². The van der Waals surface area contributed by atoms with Crippen molar-refractivity contribution in [1.29, 1.82) is 0 Å². The van der Waals surface area contributed by atoms with E-state index in [0.29, 0.717) is 23.3 Å². The molecule has 1 fully saturated rings. The minimum atomic E-state index is -0.0491. The van der Waals surface area contributed by atoms with Crippen molar-refractivity contribution in [2.75, 3.05) is 37.7 Å². The van der Waals surface area contributed by atoms with Gasteiger partial charge in [0.25, 0.3) is 5.91 Å². The van der Waals surface area contributed by atoms with Gasteiger partial charge in [0.1, 0.15) is 17.3 Å². The first-order chi connectivity index (χ1) is 14.0. The zero-order valence-electron chi connectivity index (χ0n) is 17.1. The number of carbonyl (C=O) groups is 1. The molecule has 0 aliphatic carbocycles. The number of thiophene rings is 1. The molecule has 1 saturated heterocycles. The number of piperazine rings is 1. The molecule has 0 spiro atoms. The number of fused-ring (bicyclic) bond motifs is 5. The molecule has 1 atom stereocenters. The molecule has 1 N–H and O–H groups in total. The number of aromatic nitrogens is 1. The summed E-state index contributed by atoms with van der Waals surface area (Å²) in [6.07, 6.45) is 0. The van der Waals surface area contributed by atoms with Gasteiger partial charge < -0.3 is 15.0 Å². The second-order valence-electron chi connectivity index (χ2n) is 8.24. The zero-order valence-corrected chi connectivity index (χ0v) is 17.9. The van der Waals surface area contributed by atoms with Crippen molar-refractivity contribution < 1.29 is 9.53 Å². The predicted octanol–water partition coefficient (Wildman–Crippen LogP) is 3.49. The van der Waals surface area contributed by atoms with E-state index in [-0.39, 0.29) is 11.9 Å². The Morgan fingerprint density at radius 1 is 1.17 bits per heavy atom. The highest BCUT2D eigenvalue weighted by Gasteiger charge is 2.27. The molecule has 0 saturated carbocycles. The molecule has 1 amide bonds. The van der Waals surface area contributed by atoms with Crippen LogP contribution in [-0.2, 0) is 0 Å². The number of hydrogen-bond acceptors (Lipinski definition) is 6. The number of carbonyl (C=O) groups excluding carboxylic acids is 1. The number of amides is 1. The summed E-state index contributed by atoms with van der Waals surface area (Å²) in [6, 6.07) is 8.95. The fraction of sp³-hybridized carbons (Fsp3) is 0.455. The Morgan fingerprint density at radius 2 is 1.97 bits per heavy atom. The predicted molar refractivity (Wildman–Crippen MR) is 118 cm³/mol. The van der Waals surface area contributed by atoms with Crippen LogP contribution in [0.5, 0.6) is 5.75 Å². The standard InChI is InChI=1S/C22H26N4O2S/c1-13(2)25-8-10-26(11-9-25)18-7-4-15-16(24-18)5-6-17-19(15)20-21(29-17)22(27)23-14(3)12-28-20/h4-7,13-14H,8-12H2,1-3H3,(H,23,27)/t14-/m1/s1. The third-order valence-electron chi connectivity index (χ3n) is 5.89. The van der Waals surface area contributed by atoms with E-state index in [0.717, 1.165) is 53.0 Å². The first-order valence-electron chi connectivity index (χ1n) is 10.3. The van der Waals surface area contributed by atoms with Crippen molar-refractivity contribution in [1.82, 2.24) is 15.2 Å². The van der Waals surface area contributed by atoms with Crippen LogP contribution in [0, 0.1) is 0 Å². The third-order valence-corrected chi connectivity index (χ3v) is 7.03. The molecule has 2 aliphatic heterocycles. The lowest BCUT2D eigenvalue weighted by Gasteiger charge is -2.37. The molecule has 5 rings (SSSR count). The van der Waals surface area contributed by atoms with E-state index in [2.05, 4.69) is 53.2 Å². The number of nitrogens with one attached hydrogen (secondary N) is 1. The number of ether oxygens (including phenoxy) is 1. The maximum absolute atomic E-state index is 12.5. The first-order valence-corrected chi connectivity index (χ1v) is 11.1. The summed E-state index contributed by atoms with van der Waals surface area (Å²) in [4.78, 5) is 23.0. The van der Waals surface area contributed by atoms with Crippen molar-refractivity contribution in [3.8, 4) is 5.75 Å².